The normalized spacial score (nSPS) is 28.1. The summed E-state index contributed by atoms with van der Waals surface area (Å²) in [6, 6.07) is 2.64. The first-order valence-corrected chi connectivity index (χ1v) is 9.40. The lowest BCUT2D eigenvalue weighted by molar-refractivity contribution is -0.386. The summed E-state index contributed by atoms with van der Waals surface area (Å²) in [5.41, 5.74) is -0.0764. The topological polar surface area (TPSA) is 102 Å². The molecule has 2 amide bonds. The number of nitro groups is 1. The second kappa shape index (κ2) is 6.70. The van der Waals surface area contributed by atoms with Crippen LogP contribution in [-0.4, -0.2) is 34.1 Å². The number of ether oxygens (including phenoxy) is 1. The van der Waals surface area contributed by atoms with Gasteiger partial charge in [-0.3, -0.25) is 19.7 Å². The highest BCUT2D eigenvalue weighted by atomic mass is 35.5. The maximum absolute atomic E-state index is 12.7. The molecule has 1 aromatic rings. The molecule has 1 saturated carbocycles. The number of rotatable bonds is 5. The summed E-state index contributed by atoms with van der Waals surface area (Å²) in [4.78, 5) is 36.2. The summed E-state index contributed by atoms with van der Waals surface area (Å²) in [5.74, 6) is -1.22. The zero-order chi connectivity index (χ0) is 20.2. The van der Waals surface area contributed by atoms with Crippen molar-refractivity contribution < 1.29 is 19.2 Å². The summed E-state index contributed by atoms with van der Waals surface area (Å²) in [7, 11) is 0. The van der Waals surface area contributed by atoms with Gasteiger partial charge in [0.15, 0.2) is 0 Å². The Labute approximate surface area is 165 Å². The third-order valence-electron chi connectivity index (χ3n) is 5.37. The number of benzene rings is 1. The minimum absolute atomic E-state index is 0.00539. The summed E-state index contributed by atoms with van der Waals surface area (Å²) in [5, 5.41) is 16.5. The molecule has 1 saturated heterocycles. The zero-order valence-corrected chi connectivity index (χ0v) is 16.0. The Morgan fingerprint density at radius 3 is 2.39 bits per heavy atom. The fourth-order valence-corrected chi connectivity index (χ4v) is 4.54. The lowest BCUT2D eigenvalue weighted by atomic mass is 9.85. The highest BCUT2D eigenvalue weighted by molar-refractivity contribution is 6.31. The first-order chi connectivity index (χ1) is 13.3. The molecule has 4 unspecified atom stereocenters. The Morgan fingerprint density at radius 2 is 1.86 bits per heavy atom. The van der Waals surface area contributed by atoms with E-state index < -0.39 is 4.92 Å². The molecule has 2 bridgehead atoms. The fraction of sp³-hybridized carbons (Fsp3) is 0.421. The average molecular weight is 404 g/mol. The predicted octanol–water partition coefficient (Wildman–Crippen LogP) is 3.18. The monoisotopic (exact) mass is 403 g/mol. The van der Waals surface area contributed by atoms with Gasteiger partial charge in [-0.25, -0.2) is 0 Å². The number of carbonyl (C=O) groups excluding carboxylic acids is 2. The second-order valence-electron chi connectivity index (χ2n) is 7.50. The van der Waals surface area contributed by atoms with Crippen molar-refractivity contribution in [3.05, 3.63) is 45.0 Å². The van der Waals surface area contributed by atoms with Crippen molar-refractivity contribution >= 4 is 35.3 Å². The van der Waals surface area contributed by atoms with Crippen LogP contribution >= 0.6 is 11.6 Å². The number of amides is 2. The van der Waals surface area contributed by atoms with E-state index in [0.717, 1.165) is 11.4 Å². The molecule has 3 aliphatic rings. The highest BCUT2D eigenvalue weighted by Gasteiger charge is 2.59. The number of fused-ring (bicyclic) bond motifs is 5. The van der Waals surface area contributed by atoms with Crippen LogP contribution in [0.2, 0.25) is 5.02 Å². The summed E-state index contributed by atoms with van der Waals surface area (Å²) < 4.78 is 5.59. The molecule has 28 heavy (non-hydrogen) atoms. The molecule has 4 atom stereocenters. The molecular weight excluding hydrogens is 386 g/mol. The molecule has 9 heteroatoms. The van der Waals surface area contributed by atoms with E-state index in [1.807, 2.05) is 12.2 Å². The van der Waals surface area contributed by atoms with Crippen molar-refractivity contribution in [1.82, 2.24) is 5.01 Å². The van der Waals surface area contributed by atoms with Crippen LogP contribution in [0.15, 0.2) is 29.4 Å². The van der Waals surface area contributed by atoms with E-state index in [0.29, 0.717) is 0 Å². The van der Waals surface area contributed by atoms with E-state index in [1.54, 1.807) is 13.8 Å². The number of allylic oxidation sites excluding steroid dienone is 2. The van der Waals surface area contributed by atoms with Gasteiger partial charge >= 0.3 is 5.69 Å². The molecule has 0 spiro atoms. The maximum atomic E-state index is 12.7. The van der Waals surface area contributed by atoms with E-state index in [4.69, 9.17) is 16.3 Å². The number of hydrogen-bond acceptors (Lipinski definition) is 6. The fourth-order valence-electron chi connectivity index (χ4n) is 4.32. The summed E-state index contributed by atoms with van der Waals surface area (Å²) in [6.07, 6.45) is 5.72. The second-order valence-corrected chi connectivity index (χ2v) is 7.94. The number of halogens is 1. The van der Waals surface area contributed by atoms with Gasteiger partial charge in [-0.2, -0.15) is 10.1 Å². The molecule has 146 valence electrons. The number of nitro benzene ring substituents is 1. The van der Waals surface area contributed by atoms with Gasteiger partial charge in [0.2, 0.25) is 5.75 Å². The highest BCUT2D eigenvalue weighted by Crippen LogP contribution is 2.52. The molecule has 8 nitrogen and oxygen atoms in total. The quantitative estimate of drug-likeness (QED) is 0.247. The Hall–Kier alpha value is -2.74. The van der Waals surface area contributed by atoms with Crippen LogP contribution in [0.3, 0.4) is 0 Å². The number of carbonyl (C=O) groups is 2. The first kappa shape index (κ1) is 18.6. The van der Waals surface area contributed by atoms with Crippen molar-refractivity contribution in [2.45, 2.75) is 26.4 Å². The zero-order valence-electron chi connectivity index (χ0n) is 15.2. The molecule has 2 aliphatic carbocycles. The van der Waals surface area contributed by atoms with Gasteiger partial charge in [-0.05, 0) is 38.2 Å². The van der Waals surface area contributed by atoms with Crippen LogP contribution in [-0.2, 0) is 9.59 Å². The van der Waals surface area contributed by atoms with Crippen molar-refractivity contribution in [2.24, 2.45) is 28.8 Å². The molecule has 0 radical (unpaired) electrons. The van der Waals surface area contributed by atoms with Crippen LogP contribution in [0.5, 0.6) is 5.75 Å². The van der Waals surface area contributed by atoms with E-state index in [2.05, 4.69) is 5.10 Å². The molecule has 1 heterocycles. The molecule has 4 rings (SSSR count). The minimum Gasteiger partial charge on any atom is -0.484 e. The molecule has 1 aliphatic heterocycles. The van der Waals surface area contributed by atoms with Crippen LogP contribution in [0.4, 0.5) is 5.69 Å². The first-order valence-electron chi connectivity index (χ1n) is 9.02. The van der Waals surface area contributed by atoms with Gasteiger partial charge in [0.05, 0.1) is 29.1 Å². The number of hydrazone groups is 1. The van der Waals surface area contributed by atoms with Crippen molar-refractivity contribution in [3.63, 3.8) is 0 Å². The number of nitrogens with zero attached hydrogens (tertiary/aromatic N) is 3. The van der Waals surface area contributed by atoms with Gasteiger partial charge in [-0.15, -0.1) is 0 Å². The molecule has 0 aromatic heterocycles. The SMILES string of the molecule is CC(C)Oc1c(C=NN2C(=O)C3C4C=CC(C4)C3C2=O)cc(Cl)cc1[N+](=O)[O-]. The standard InChI is InChI=1S/C19H18ClN3O5/c1-9(2)28-17-12(6-13(20)7-14(17)23(26)27)8-21-22-18(24)15-10-3-4-11(5-10)16(15)19(22)25/h3-4,6-11,15-16H,5H2,1-2H3. The third-order valence-corrected chi connectivity index (χ3v) is 5.59. The number of hydrogen-bond donors (Lipinski definition) is 0. The van der Waals surface area contributed by atoms with Crippen molar-refractivity contribution in [3.8, 4) is 5.75 Å². The Kier molecular flexibility index (Phi) is 4.45. The molecule has 2 fully saturated rings. The van der Waals surface area contributed by atoms with Crippen molar-refractivity contribution in [1.29, 1.82) is 0 Å². The van der Waals surface area contributed by atoms with Gasteiger partial charge in [0.25, 0.3) is 11.8 Å². The minimum atomic E-state index is -0.596. The van der Waals surface area contributed by atoms with Gasteiger partial charge in [-0.1, -0.05) is 23.8 Å². The van der Waals surface area contributed by atoms with Gasteiger partial charge < -0.3 is 4.74 Å². The van der Waals surface area contributed by atoms with Crippen LogP contribution in [0.25, 0.3) is 0 Å². The smallest absolute Gasteiger partial charge is 0.313 e. The summed E-state index contributed by atoms with van der Waals surface area (Å²) >= 11 is 6.00. The van der Waals surface area contributed by atoms with Crippen LogP contribution in [0.1, 0.15) is 25.8 Å². The van der Waals surface area contributed by atoms with Crippen LogP contribution < -0.4 is 4.74 Å². The maximum Gasteiger partial charge on any atom is 0.313 e. The average Bonchev–Trinajstić information content (AvgIpc) is 3.29. The van der Waals surface area contributed by atoms with Gasteiger partial charge in [0, 0.05) is 16.7 Å². The summed E-state index contributed by atoms with van der Waals surface area (Å²) in [6.45, 7) is 3.47. The third kappa shape index (κ3) is 2.88. The Balaban J connectivity index is 1.67. The lowest BCUT2D eigenvalue weighted by Gasteiger charge is -2.14. The van der Waals surface area contributed by atoms with E-state index in [-0.39, 0.29) is 63.6 Å². The molecule has 1 aromatic carbocycles. The van der Waals surface area contributed by atoms with Crippen LogP contribution in [0, 0.1) is 33.8 Å². The largest absolute Gasteiger partial charge is 0.484 e. The van der Waals surface area contributed by atoms with E-state index >= 15 is 0 Å². The molecular formula is C19H18ClN3O5. The Bertz CT molecular complexity index is 912. The van der Waals surface area contributed by atoms with E-state index in [1.165, 1.54) is 18.3 Å². The van der Waals surface area contributed by atoms with E-state index in [9.17, 15) is 19.7 Å². The Morgan fingerprint density at radius 1 is 1.25 bits per heavy atom. The lowest BCUT2D eigenvalue weighted by Crippen LogP contribution is -2.28. The number of imide groups is 1. The van der Waals surface area contributed by atoms with Crippen molar-refractivity contribution in [2.75, 3.05) is 0 Å². The predicted molar refractivity (Wildman–Crippen MR) is 101 cm³/mol. The molecule has 0 N–H and O–H groups in total. The van der Waals surface area contributed by atoms with Gasteiger partial charge in [0.1, 0.15) is 0 Å².